The number of hydroxylamine groups is 2. The zero-order valence-electron chi connectivity index (χ0n) is 14.5. The molecule has 2 rings (SSSR count). The van der Waals surface area contributed by atoms with Crippen LogP contribution in [0.25, 0.3) is 0 Å². The number of hydrogen-bond acceptors (Lipinski definition) is 3. The number of benzene rings is 2. The van der Waals surface area contributed by atoms with Crippen LogP contribution in [0.1, 0.15) is 21.5 Å². The highest BCUT2D eigenvalue weighted by atomic mass is 35.5. The van der Waals surface area contributed by atoms with Crippen molar-refractivity contribution in [1.29, 1.82) is 0 Å². The van der Waals surface area contributed by atoms with Crippen LogP contribution in [0, 0.1) is 0 Å². The molecule has 0 aliphatic rings. The Morgan fingerprint density at radius 3 is 2.52 bits per heavy atom. The van der Waals surface area contributed by atoms with Gasteiger partial charge in [0.1, 0.15) is 0 Å². The molecule has 0 atom stereocenters. The van der Waals surface area contributed by atoms with Crippen molar-refractivity contribution in [3.05, 3.63) is 63.1 Å². The molecule has 1 amide bonds. The van der Waals surface area contributed by atoms with E-state index in [1.165, 1.54) is 26.3 Å². The third-order valence-electron chi connectivity index (χ3n) is 3.84. The molecule has 9 heteroatoms. The van der Waals surface area contributed by atoms with E-state index in [-0.39, 0.29) is 17.5 Å². The van der Waals surface area contributed by atoms with Crippen LogP contribution in [0.2, 0.25) is 10.0 Å². The van der Waals surface area contributed by atoms with Gasteiger partial charge in [0.05, 0.1) is 23.3 Å². The maximum absolute atomic E-state index is 12.9. The lowest BCUT2D eigenvalue weighted by atomic mass is 10.1. The average molecular weight is 421 g/mol. The molecule has 0 aliphatic heterocycles. The van der Waals surface area contributed by atoms with Crippen LogP contribution in [0.3, 0.4) is 0 Å². The highest BCUT2D eigenvalue weighted by Crippen LogP contribution is 2.35. The summed E-state index contributed by atoms with van der Waals surface area (Å²) < 4.78 is 38.8. The van der Waals surface area contributed by atoms with Gasteiger partial charge in [-0.2, -0.15) is 13.2 Å². The lowest BCUT2D eigenvalue weighted by Crippen LogP contribution is -2.26. The van der Waals surface area contributed by atoms with E-state index < -0.39 is 11.7 Å². The number of carbonyl (C=O) groups is 1. The predicted octanol–water partition coefficient (Wildman–Crippen LogP) is 5.30. The summed E-state index contributed by atoms with van der Waals surface area (Å²) in [5.41, 5.74) is 0.377. The molecule has 0 spiro atoms. The van der Waals surface area contributed by atoms with Crippen molar-refractivity contribution in [1.82, 2.24) is 5.06 Å². The second-order valence-corrected chi connectivity index (χ2v) is 6.51. The molecule has 27 heavy (non-hydrogen) atoms. The Morgan fingerprint density at radius 1 is 1.19 bits per heavy atom. The third-order valence-corrected chi connectivity index (χ3v) is 4.40. The molecule has 0 heterocycles. The Balaban J connectivity index is 2.14. The molecule has 0 fully saturated rings. The van der Waals surface area contributed by atoms with Crippen molar-refractivity contribution in [3.8, 4) is 0 Å². The summed E-state index contributed by atoms with van der Waals surface area (Å²) in [5, 5.41) is 4.17. The van der Waals surface area contributed by atoms with E-state index in [0.29, 0.717) is 28.3 Å². The molecule has 0 aliphatic carbocycles. The largest absolute Gasteiger partial charge is 0.417 e. The molecule has 0 unspecified atom stereocenters. The fourth-order valence-electron chi connectivity index (χ4n) is 2.39. The molecule has 2 aromatic carbocycles. The van der Waals surface area contributed by atoms with Crippen molar-refractivity contribution in [2.24, 2.45) is 0 Å². The minimum atomic E-state index is -4.52. The van der Waals surface area contributed by atoms with E-state index in [1.807, 2.05) is 0 Å². The summed E-state index contributed by atoms with van der Waals surface area (Å²) in [7, 11) is 2.83. The third kappa shape index (κ3) is 5.51. The fraction of sp³-hybridized carbons (Fsp3) is 0.278. The lowest BCUT2D eigenvalue weighted by molar-refractivity contribution is -0.137. The van der Waals surface area contributed by atoms with Crippen molar-refractivity contribution in [3.63, 3.8) is 0 Å². The minimum absolute atomic E-state index is 0.288. The van der Waals surface area contributed by atoms with Gasteiger partial charge in [-0.15, -0.1) is 0 Å². The Labute approximate surface area is 164 Å². The Kier molecular flexibility index (Phi) is 6.97. The summed E-state index contributed by atoms with van der Waals surface area (Å²) in [6.45, 7) is 0.288. The van der Waals surface area contributed by atoms with Crippen molar-refractivity contribution in [2.75, 3.05) is 26.0 Å². The number of anilines is 1. The summed E-state index contributed by atoms with van der Waals surface area (Å²) in [5.74, 6) is -0.387. The molecule has 0 saturated carbocycles. The van der Waals surface area contributed by atoms with Gasteiger partial charge in [0.25, 0.3) is 5.91 Å². The quantitative estimate of drug-likeness (QED) is 0.644. The Hall–Kier alpha value is -1.96. The first-order valence-electron chi connectivity index (χ1n) is 7.84. The number of hydrogen-bond donors (Lipinski definition) is 1. The minimum Gasteiger partial charge on any atom is -0.384 e. The summed E-state index contributed by atoms with van der Waals surface area (Å²) >= 11 is 11.6. The number of amides is 1. The van der Waals surface area contributed by atoms with Gasteiger partial charge in [-0.1, -0.05) is 29.3 Å². The molecule has 4 nitrogen and oxygen atoms in total. The van der Waals surface area contributed by atoms with Gasteiger partial charge in [-0.25, -0.2) is 5.06 Å². The Bertz CT molecular complexity index is 829. The van der Waals surface area contributed by atoms with Gasteiger partial charge in [-0.3, -0.25) is 9.63 Å². The first-order valence-corrected chi connectivity index (χ1v) is 8.60. The number of rotatable bonds is 6. The fourth-order valence-corrected chi connectivity index (χ4v) is 2.79. The smallest absolute Gasteiger partial charge is 0.384 e. The second-order valence-electron chi connectivity index (χ2n) is 5.66. The zero-order chi connectivity index (χ0) is 20.2. The van der Waals surface area contributed by atoms with Crippen molar-refractivity contribution in [2.45, 2.75) is 12.6 Å². The predicted molar refractivity (Wildman–Crippen MR) is 99.2 cm³/mol. The van der Waals surface area contributed by atoms with Gasteiger partial charge in [0.2, 0.25) is 0 Å². The molecule has 0 radical (unpaired) electrons. The molecule has 2 aromatic rings. The van der Waals surface area contributed by atoms with E-state index in [0.717, 1.165) is 11.1 Å². The van der Waals surface area contributed by atoms with Crippen LogP contribution in [0.5, 0.6) is 0 Å². The van der Waals surface area contributed by atoms with E-state index in [9.17, 15) is 18.0 Å². The molecular weight excluding hydrogens is 404 g/mol. The maximum Gasteiger partial charge on any atom is 0.417 e. The number of halogens is 5. The average Bonchev–Trinajstić information content (AvgIpc) is 2.61. The van der Waals surface area contributed by atoms with E-state index in [1.54, 1.807) is 18.2 Å². The summed E-state index contributed by atoms with van der Waals surface area (Å²) in [4.78, 5) is 17.2. The number of nitrogens with one attached hydrogen (secondary N) is 1. The lowest BCUT2D eigenvalue weighted by Gasteiger charge is -2.17. The molecule has 1 N–H and O–H groups in total. The zero-order valence-corrected chi connectivity index (χ0v) is 16.0. The highest BCUT2D eigenvalue weighted by molar-refractivity contribution is 6.31. The van der Waals surface area contributed by atoms with Crippen LogP contribution in [-0.2, 0) is 17.4 Å². The second kappa shape index (κ2) is 8.82. The Morgan fingerprint density at radius 2 is 1.89 bits per heavy atom. The molecule has 0 bridgehead atoms. The van der Waals surface area contributed by atoms with Crippen molar-refractivity contribution >= 4 is 34.8 Å². The number of nitrogens with zero attached hydrogens (tertiary/aromatic N) is 1. The van der Waals surface area contributed by atoms with E-state index >= 15 is 0 Å². The monoisotopic (exact) mass is 420 g/mol. The van der Waals surface area contributed by atoms with Gasteiger partial charge in [0.15, 0.2) is 0 Å². The topological polar surface area (TPSA) is 41.6 Å². The first-order chi connectivity index (χ1) is 12.6. The number of carbonyl (C=O) groups excluding carboxylic acids is 1. The highest BCUT2D eigenvalue weighted by Gasteiger charge is 2.33. The van der Waals surface area contributed by atoms with Gasteiger partial charge in [-0.05, 0) is 42.3 Å². The SMILES string of the molecule is CON(C)C(=O)c1ccc(Cl)cc1NCCc1ccc(Cl)c(C(F)(F)F)c1. The standard InChI is InChI=1S/C18H17Cl2F3N2O2/c1-25(27-2)17(26)13-5-4-12(19)10-16(13)24-8-7-11-3-6-15(20)14(9-11)18(21,22)23/h3-6,9-10,24H,7-8H2,1-2H3. The molecule has 146 valence electrons. The summed E-state index contributed by atoms with van der Waals surface area (Å²) in [6.07, 6.45) is -4.22. The summed E-state index contributed by atoms with van der Waals surface area (Å²) in [6, 6.07) is 8.46. The van der Waals surface area contributed by atoms with Gasteiger partial charge >= 0.3 is 6.18 Å². The van der Waals surface area contributed by atoms with Crippen molar-refractivity contribution < 1.29 is 22.8 Å². The number of alkyl halides is 3. The van der Waals surface area contributed by atoms with Gasteiger partial charge in [0, 0.05) is 24.3 Å². The molecule has 0 aromatic heterocycles. The van der Waals surface area contributed by atoms with Gasteiger partial charge < -0.3 is 5.32 Å². The van der Waals surface area contributed by atoms with Crippen LogP contribution in [0.15, 0.2) is 36.4 Å². The van der Waals surface area contributed by atoms with E-state index in [2.05, 4.69) is 5.32 Å². The van der Waals surface area contributed by atoms with Crippen LogP contribution in [-0.4, -0.2) is 31.7 Å². The van der Waals surface area contributed by atoms with Crippen LogP contribution < -0.4 is 5.32 Å². The molecular formula is C18H17Cl2F3N2O2. The first kappa shape index (κ1) is 21.3. The van der Waals surface area contributed by atoms with E-state index in [4.69, 9.17) is 28.0 Å². The normalized spacial score (nSPS) is 11.4. The van der Waals surface area contributed by atoms with Crippen LogP contribution >= 0.6 is 23.2 Å². The molecule has 0 saturated heterocycles. The maximum atomic E-state index is 12.9. The van der Waals surface area contributed by atoms with Crippen LogP contribution in [0.4, 0.5) is 18.9 Å².